The molecule has 1 N–H and O–H groups in total. The maximum absolute atomic E-state index is 9.15. The van der Waals surface area contributed by atoms with Crippen molar-refractivity contribution in [3.63, 3.8) is 0 Å². The van der Waals surface area contributed by atoms with Crippen molar-refractivity contribution in [2.24, 2.45) is 0 Å². The van der Waals surface area contributed by atoms with Crippen molar-refractivity contribution >= 4 is 11.6 Å². The highest BCUT2D eigenvalue weighted by atomic mass is 35.5. The first-order valence-corrected chi connectivity index (χ1v) is 6.67. The molecule has 0 amide bonds. The van der Waals surface area contributed by atoms with Gasteiger partial charge in [-0.15, -0.1) is 0 Å². The average molecular weight is 293 g/mol. The summed E-state index contributed by atoms with van der Waals surface area (Å²) in [6, 6.07) is 11.5. The topological polar surface area (TPSA) is 38.7 Å². The van der Waals surface area contributed by atoms with E-state index in [1.807, 2.05) is 31.2 Å². The zero-order valence-corrected chi connectivity index (χ0v) is 12.3. The molecule has 106 valence electrons. The molecule has 0 fully saturated rings. The largest absolute Gasteiger partial charge is 0.493 e. The third-order valence-electron chi connectivity index (χ3n) is 2.98. The van der Waals surface area contributed by atoms with Crippen LogP contribution in [0.2, 0.25) is 5.02 Å². The first kappa shape index (κ1) is 14.7. The third-order valence-corrected chi connectivity index (χ3v) is 3.26. The molecular formula is C16H17ClO3. The number of hydrogen-bond donors (Lipinski definition) is 1. The Morgan fingerprint density at radius 3 is 2.40 bits per heavy atom. The molecule has 0 aromatic heterocycles. The number of ether oxygens (including phenoxy) is 2. The number of aryl methyl sites for hydroxylation is 1. The number of hydrogen-bond acceptors (Lipinski definition) is 3. The SMILES string of the molecule is COc1cc(CO)cc(Cl)c1OCc1ccc(C)cc1. The number of halogens is 1. The van der Waals surface area contributed by atoms with Crippen LogP contribution in [-0.4, -0.2) is 12.2 Å². The van der Waals surface area contributed by atoms with Gasteiger partial charge in [0.15, 0.2) is 11.5 Å². The van der Waals surface area contributed by atoms with E-state index in [0.29, 0.717) is 28.7 Å². The smallest absolute Gasteiger partial charge is 0.180 e. The van der Waals surface area contributed by atoms with Gasteiger partial charge in [0.25, 0.3) is 0 Å². The Bertz CT molecular complexity index is 579. The van der Waals surface area contributed by atoms with Gasteiger partial charge in [0.05, 0.1) is 18.7 Å². The zero-order chi connectivity index (χ0) is 14.5. The van der Waals surface area contributed by atoms with Crippen LogP contribution in [0.4, 0.5) is 0 Å². The lowest BCUT2D eigenvalue weighted by Crippen LogP contribution is -1.99. The summed E-state index contributed by atoms with van der Waals surface area (Å²) in [5, 5.41) is 9.58. The normalized spacial score (nSPS) is 10.4. The van der Waals surface area contributed by atoms with Crippen LogP contribution in [0, 0.1) is 6.92 Å². The second kappa shape index (κ2) is 6.64. The molecule has 0 saturated heterocycles. The van der Waals surface area contributed by atoms with Crippen molar-refractivity contribution in [3.8, 4) is 11.5 Å². The predicted octanol–water partition coefficient (Wildman–Crippen LogP) is 3.73. The summed E-state index contributed by atoms with van der Waals surface area (Å²) >= 11 is 6.17. The van der Waals surface area contributed by atoms with E-state index >= 15 is 0 Å². The van der Waals surface area contributed by atoms with Gasteiger partial charge in [0.1, 0.15) is 6.61 Å². The maximum Gasteiger partial charge on any atom is 0.180 e. The fraction of sp³-hybridized carbons (Fsp3) is 0.250. The van der Waals surface area contributed by atoms with Crippen LogP contribution in [-0.2, 0) is 13.2 Å². The highest BCUT2D eigenvalue weighted by Gasteiger charge is 2.12. The van der Waals surface area contributed by atoms with E-state index in [1.54, 1.807) is 19.2 Å². The van der Waals surface area contributed by atoms with Gasteiger partial charge in [-0.3, -0.25) is 0 Å². The van der Waals surface area contributed by atoms with Gasteiger partial charge < -0.3 is 14.6 Å². The molecule has 0 aliphatic heterocycles. The molecule has 4 heteroatoms. The minimum Gasteiger partial charge on any atom is -0.493 e. The van der Waals surface area contributed by atoms with Crippen LogP contribution >= 0.6 is 11.6 Å². The lowest BCUT2D eigenvalue weighted by atomic mass is 10.1. The van der Waals surface area contributed by atoms with Crippen molar-refractivity contribution in [3.05, 3.63) is 58.1 Å². The predicted molar refractivity (Wildman–Crippen MR) is 79.4 cm³/mol. The quantitative estimate of drug-likeness (QED) is 0.912. The van der Waals surface area contributed by atoms with E-state index in [-0.39, 0.29) is 6.61 Å². The van der Waals surface area contributed by atoms with Crippen molar-refractivity contribution in [2.45, 2.75) is 20.1 Å². The fourth-order valence-corrected chi connectivity index (χ4v) is 2.13. The molecule has 0 bridgehead atoms. The lowest BCUT2D eigenvalue weighted by molar-refractivity contribution is 0.274. The molecule has 2 rings (SSSR count). The van der Waals surface area contributed by atoms with Gasteiger partial charge in [-0.1, -0.05) is 41.4 Å². The highest BCUT2D eigenvalue weighted by molar-refractivity contribution is 6.32. The van der Waals surface area contributed by atoms with Crippen LogP contribution in [0.3, 0.4) is 0 Å². The molecule has 0 aliphatic carbocycles. The van der Waals surface area contributed by atoms with Crippen LogP contribution in [0.15, 0.2) is 36.4 Å². The standard InChI is InChI=1S/C16H17ClO3/c1-11-3-5-12(6-4-11)10-20-16-14(17)7-13(9-18)8-15(16)19-2/h3-8,18H,9-10H2,1-2H3. The first-order chi connectivity index (χ1) is 9.63. The number of aliphatic hydroxyl groups is 1. The first-order valence-electron chi connectivity index (χ1n) is 6.29. The Labute approximate surface area is 123 Å². The van der Waals surface area contributed by atoms with Crippen molar-refractivity contribution in [2.75, 3.05) is 7.11 Å². The molecule has 20 heavy (non-hydrogen) atoms. The molecule has 0 aliphatic rings. The Hall–Kier alpha value is -1.71. The monoisotopic (exact) mass is 292 g/mol. The second-order valence-corrected chi connectivity index (χ2v) is 4.95. The van der Waals surface area contributed by atoms with Crippen molar-refractivity contribution in [1.29, 1.82) is 0 Å². The van der Waals surface area contributed by atoms with Gasteiger partial charge in [-0.25, -0.2) is 0 Å². The Balaban J connectivity index is 2.18. The van der Waals surface area contributed by atoms with Crippen LogP contribution in [0.5, 0.6) is 11.5 Å². The molecule has 3 nitrogen and oxygen atoms in total. The van der Waals surface area contributed by atoms with E-state index < -0.39 is 0 Å². The minimum absolute atomic E-state index is 0.0890. The Kier molecular flexibility index (Phi) is 4.88. The van der Waals surface area contributed by atoms with Crippen LogP contribution < -0.4 is 9.47 Å². The van der Waals surface area contributed by atoms with Gasteiger partial charge in [0.2, 0.25) is 0 Å². The van der Waals surface area contributed by atoms with E-state index in [9.17, 15) is 0 Å². The van der Waals surface area contributed by atoms with E-state index in [4.69, 9.17) is 26.2 Å². The molecular weight excluding hydrogens is 276 g/mol. The molecule has 0 saturated carbocycles. The molecule has 2 aromatic rings. The van der Waals surface area contributed by atoms with E-state index in [2.05, 4.69) is 0 Å². The molecule has 0 atom stereocenters. The van der Waals surface area contributed by atoms with Gasteiger partial charge in [-0.2, -0.15) is 0 Å². The molecule has 0 spiro atoms. The van der Waals surface area contributed by atoms with Crippen LogP contribution in [0.25, 0.3) is 0 Å². The molecule has 2 aromatic carbocycles. The summed E-state index contributed by atoms with van der Waals surface area (Å²) in [6.07, 6.45) is 0. The van der Waals surface area contributed by atoms with Gasteiger partial charge >= 0.3 is 0 Å². The summed E-state index contributed by atoms with van der Waals surface area (Å²) in [6.45, 7) is 2.36. The second-order valence-electron chi connectivity index (χ2n) is 4.54. The summed E-state index contributed by atoms with van der Waals surface area (Å²) in [4.78, 5) is 0. The van der Waals surface area contributed by atoms with Crippen LogP contribution in [0.1, 0.15) is 16.7 Å². The Morgan fingerprint density at radius 1 is 1.10 bits per heavy atom. The summed E-state index contributed by atoms with van der Waals surface area (Å²) < 4.78 is 11.0. The van der Waals surface area contributed by atoms with E-state index in [0.717, 1.165) is 5.56 Å². The van der Waals surface area contributed by atoms with Gasteiger partial charge in [0, 0.05) is 0 Å². The zero-order valence-electron chi connectivity index (χ0n) is 11.5. The number of rotatable bonds is 5. The van der Waals surface area contributed by atoms with E-state index in [1.165, 1.54) is 5.56 Å². The summed E-state index contributed by atoms with van der Waals surface area (Å²) in [7, 11) is 1.55. The Morgan fingerprint density at radius 2 is 1.80 bits per heavy atom. The number of methoxy groups -OCH3 is 1. The fourth-order valence-electron chi connectivity index (χ4n) is 1.84. The maximum atomic E-state index is 9.15. The lowest BCUT2D eigenvalue weighted by Gasteiger charge is -2.13. The third kappa shape index (κ3) is 3.44. The number of aliphatic hydroxyl groups excluding tert-OH is 1. The minimum atomic E-state index is -0.0890. The molecule has 0 radical (unpaired) electrons. The summed E-state index contributed by atoms with van der Waals surface area (Å²) in [5.74, 6) is 1.01. The summed E-state index contributed by atoms with van der Waals surface area (Å²) in [5.41, 5.74) is 2.95. The number of benzene rings is 2. The molecule has 0 heterocycles. The van der Waals surface area contributed by atoms with Crippen molar-refractivity contribution in [1.82, 2.24) is 0 Å². The van der Waals surface area contributed by atoms with Gasteiger partial charge in [-0.05, 0) is 30.2 Å². The van der Waals surface area contributed by atoms with Crippen molar-refractivity contribution < 1.29 is 14.6 Å². The molecule has 0 unspecified atom stereocenters. The average Bonchev–Trinajstić information content (AvgIpc) is 2.47. The highest BCUT2D eigenvalue weighted by Crippen LogP contribution is 2.36.